The normalized spacial score (nSPS) is 12.2. The van der Waals surface area contributed by atoms with Crippen molar-refractivity contribution in [2.45, 2.75) is 17.2 Å². The Bertz CT molecular complexity index is 487. The lowest BCUT2D eigenvalue weighted by molar-refractivity contribution is 0.164. The first-order chi connectivity index (χ1) is 9.56. The van der Waals surface area contributed by atoms with Gasteiger partial charge in [-0.05, 0) is 23.4 Å². The van der Waals surface area contributed by atoms with Crippen LogP contribution in [-0.4, -0.2) is 53.2 Å². The number of ether oxygens (including phenoxy) is 2. The Balaban J connectivity index is 2.85. The number of nitrogens with zero attached hydrogens (tertiary/aromatic N) is 1. The lowest BCUT2D eigenvalue weighted by Crippen LogP contribution is -2.34. The van der Waals surface area contributed by atoms with E-state index in [0.717, 1.165) is 5.56 Å². The van der Waals surface area contributed by atoms with E-state index in [1.165, 1.54) is 15.6 Å². The molecule has 0 amide bonds. The van der Waals surface area contributed by atoms with Crippen LogP contribution < -0.4 is 5.73 Å². The maximum Gasteiger partial charge on any atom is 0.252 e. The van der Waals surface area contributed by atoms with Gasteiger partial charge in [0.1, 0.15) is 4.21 Å². The summed E-state index contributed by atoms with van der Waals surface area (Å²) in [5.74, 6) is 0. The largest absolute Gasteiger partial charge is 0.385 e. The van der Waals surface area contributed by atoms with Crippen LogP contribution in [0.25, 0.3) is 0 Å². The standard InChI is InChI=1S/C12H22N2O4S2/c1-17-6-3-4-14(5-7-18-2)20(15,16)12-8-11(9-13)10-19-12/h8,10H,3-7,9,13H2,1-2H3. The predicted octanol–water partition coefficient (Wildman–Crippen LogP) is 0.880. The Morgan fingerprint density at radius 3 is 2.50 bits per heavy atom. The fourth-order valence-corrected chi connectivity index (χ4v) is 4.49. The van der Waals surface area contributed by atoms with E-state index in [9.17, 15) is 8.42 Å². The molecule has 0 aliphatic heterocycles. The van der Waals surface area contributed by atoms with Crippen LogP contribution in [0.1, 0.15) is 12.0 Å². The fourth-order valence-electron chi connectivity index (χ4n) is 1.65. The van der Waals surface area contributed by atoms with Crippen molar-refractivity contribution in [1.82, 2.24) is 4.31 Å². The molecule has 0 aliphatic rings. The van der Waals surface area contributed by atoms with Gasteiger partial charge < -0.3 is 15.2 Å². The second-order valence-electron chi connectivity index (χ2n) is 4.22. The van der Waals surface area contributed by atoms with Crippen LogP contribution in [0.3, 0.4) is 0 Å². The number of hydrogen-bond acceptors (Lipinski definition) is 6. The van der Waals surface area contributed by atoms with Crippen LogP contribution >= 0.6 is 11.3 Å². The van der Waals surface area contributed by atoms with E-state index >= 15 is 0 Å². The molecule has 0 radical (unpaired) electrons. The summed E-state index contributed by atoms with van der Waals surface area (Å²) in [6, 6.07) is 1.64. The monoisotopic (exact) mass is 322 g/mol. The molecule has 0 spiro atoms. The van der Waals surface area contributed by atoms with Gasteiger partial charge >= 0.3 is 0 Å². The zero-order valence-electron chi connectivity index (χ0n) is 11.9. The van der Waals surface area contributed by atoms with Crippen molar-refractivity contribution in [2.24, 2.45) is 5.73 Å². The first-order valence-electron chi connectivity index (χ1n) is 6.31. The second-order valence-corrected chi connectivity index (χ2v) is 7.30. The van der Waals surface area contributed by atoms with Gasteiger partial charge in [-0.2, -0.15) is 4.31 Å². The number of methoxy groups -OCH3 is 2. The lowest BCUT2D eigenvalue weighted by Gasteiger charge is -2.20. The molecule has 0 aliphatic carbocycles. The van der Waals surface area contributed by atoms with Gasteiger partial charge in [-0.15, -0.1) is 11.3 Å². The average molecular weight is 322 g/mol. The fraction of sp³-hybridized carbons (Fsp3) is 0.667. The van der Waals surface area contributed by atoms with Gasteiger partial charge in [0.15, 0.2) is 0 Å². The minimum atomic E-state index is -3.48. The molecule has 0 atom stereocenters. The summed E-state index contributed by atoms with van der Waals surface area (Å²) in [7, 11) is -0.331. The predicted molar refractivity (Wildman–Crippen MR) is 79.3 cm³/mol. The van der Waals surface area contributed by atoms with Gasteiger partial charge in [0.25, 0.3) is 10.0 Å². The molecule has 0 saturated carbocycles. The van der Waals surface area contributed by atoms with Crippen LogP contribution in [0, 0.1) is 0 Å². The zero-order valence-corrected chi connectivity index (χ0v) is 13.5. The van der Waals surface area contributed by atoms with Crippen LogP contribution in [0.2, 0.25) is 0 Å². The molecule has 8 heteroatoms. The first kappa shape index (κ1) is 17.5. The highest BCUT2D eigenvalue weighted by Crippen LogP contribution is 2.23. The summed E-state index contributed by atoms with van der Waals surface area (Å²) in [6.07, 6.45) is 0.647. The van der Waals surface area contributed by atoms with Gasteiger partial charge in [0.2, 0.25) is 0 Å². The molecular weight excluding hydrogens is 300 g/mol. The summed E-state index contributed by atoms with van der Waals surface area (Å²) in [4.78, 5) is 0. The SMILES string of the molecule is COCCCN(CCOC)S(=O)(=O)c1cc(CN)cs1. The van der Waals surface area contributed by atoms with E-state index in [1.807, 2.05) is 0 Å². The van der Waals surface area contributed by atoms with Gasteiger partial charge in [0.05, 0.1) is 6.61 Å². The lowest BCUT2D eigenvalue weighted by atomic mass is 10.4. The molecule has 0 bridgehead atoms. The molecule has 1 aromatic heterocycles. The average Bonchev–Trinajstić information content (AvgIpc) is 2.92. The zero-order chi connectivity index (χ0) is 15.0. The molecule has 2 N–H and O–H groups in total. The quantitative estimate of drug-likeness (QED) is 0.647. The van der Waals surface area contributed by atoms with Crippen molar-refractivity contribution < 1.29 is 17.9 Å². The highest BCUT2D eigenvalue weighted by molar-refractivity contribution is 7.91. The molecule has 0 unspecified atom stereocenters. The minimum absolute atomic E-state index is 0.325. The molecule has 116 valence electrons. The van der Waals surface area contributed by atoms with E-state index in [2.05, 4.69) is 0 Å². The Morgan fingerprint density at radius 2 is 1.95 bits per heavy atom. The molecule has 1 heterocycles. The summed E-state index contributed by atoms with van der Waals surface area (Å²) in [5, 5.41) is 1.77. The Hall–Kier alpha value is -0.510. The van der Waals surface area contributed by atoms with Crippen molar-refractivity contribution >= 4 is 21.4 Å². The van der Waals surface area contributed by atoms with Crippen LogP contribution in [0.4, 0.5) is 0 Å². The first-order valence-corrected chi connectivity index (χ1v) is 8.63. The smallest absolute Gasteiger partial charge is 0.252 e. The van der Waals surface area contributed by atoms with E-state index in [1.54, 1.807) is 25.7 Å². The summed E-state index contributed by atoms with van der Waals surface area (Å²) < 4.78 is 36.8. The highest BCUT2D eigenvalue weighted by atomic mass is 32.2. The second kappa shape index (κ2) is 8.71. The van der Waals surface area contributed by atoms with Gasteiger partial charge in [-0.3, -0.25) is 0 Å². The molecule has 0 aromatic carbocycles. The van der Waals surface area contributed by atoms with Crippen LogP contribution in [-0.2, 0) is 26.0 Å². The van der Waals surface area contributed by atoms with E-state index in [0.29, 0.717) is 43.5 Å². The topological polar surface area (TPSA) is 81.9 Å². The number of sulfonamides is 1. The van der Waals surface area contributed by atoms with Crippen molar-refractivity contribution in [1.29, 1.82) is 0 Å². The third kappa shape index (κ3) is 4.80. The van der Waals surface area contributed by atoms with E-state index < -0.39 is 10.0 Å². The molecular formula is C12H22N2O4S2. The number of hydrogen-bond donors (Lipinski definition) is 1. The van der Waals surface area contributed by atoms with Crippen molar-refractivity contribution in [3.8, 4) is 0 Å². The minimum Gasteiger partial charge on any atom is -0.385 e. The van der Waals surface area contributed by atoms with E-state index in [-0.39, 0.29) is 0 Å². The maximum atomic E-state index is 12.6. The van der Waals surface area contributed by atoms with Crippen molar-refractivity contribution in [3.05, 3.63) is 17.0 Å². The number of nitrogens with two attached hydrogens (primary N) is 1. The Labute approximate surface area is 124 Å². The molecule has 6 nitrogen and oxygen atoms in total. The van der Waals surface area contributed by atoms with Crippen molar-refractivity contribution in [2.75, 3.05) is 40.5 Å². The molecule has 0 saturated heterocycles. The maximum absolute atomic E-state index is 12.6. The third-order valence-electron chi connectivity index (χ3n) is 2.76. The van der Waals surface area contributed by atoms with Gasteiger partial charge in [0, 0.05) is 40.5 Å². The molecule has 0 fully saturated rings. The number of rotatable bonds is 10. The van der Waals surface area contributed by atoms with Gasteiger partial charge in [-0.1, -0.05) is 0 Å². The van der Waals surface area contributed by atoms with Crippen LogP contribution in [0.15, 0.2) is 15.7 Å². The molecule has 1 aromatic rings. The highest BCUT2D eigenvalue weighted by Gasteiger charge is 2.25. The Kier molecular flexibility index (Phi) is 7.63. The third-order valence-corrected chi connectivity index (χ3v) is 6.12. The summed E-state index contributed by atoms with van der Waals surface area (Å²) in [5.41, 5.74) is 6.35. The van der Waals surface area contributed by atoms with Crippen LogP contribution in [0.5, 0.6) is 0 Å². The van der Waals surface area contributed by atoms with Crippen molar-refractivity contribution in [3.63, 3.8) is 0 Å². The molecule has 1 rings (SSSR count). The summed E-state index contributed by atoms with van der Waals surface area (Å²) >= 11 is 1.20. The molecule has 20 heavy (non-hydrogen) atoms. The van der Waals surface area contributed by atoms with E-state index in [4.69, 9.17) is 15.2 Å². The Morgan fingerprint density at radius 1 is 1.25 bits per heavy atom. The number of thiophene rings is 1. The summed E-state index contributed by atoms with van der Waals surface area (Å²) in [6.45, 7) is 1.97. The van der Waals surface area contributed by atoms with Gasteiger partial charge in [-0.25, -0.2) is 8.42 Å².